The van der Waals surface area contributed by atoms with Crippen LogP contribution in [0.5, 0.6) is 5.19 Å². The third kappa shape index (κ3) is 2.51. The van der Waals surface area contributed by atoms with Crippen molar-refractivity contribution >= 4 is 21.6 Å². The summed E-state index contributed by atoms with van der Waals surface area (Å²) in [6.45, 7) is 3.99. The number of fused-ring (bicyclic) bond motifs is 1. The molecule has 14 heavy (non-hydrogen) atoms. The van der Waals surface area contributed by atoms with E-state index in [9.17, 15) is 0 Å². The van der Waals surface area contributed by atoms with Crippen molar-refractivity contribution in [3.8, 4) is 5.19 Å². The Bertz CT molecular complexity index is 380. The molecule has 1 aromatic heterocycles. The number of hydrogen-bond acceptors (Lipinski definition) is 3. The van der Waals surface area contributed by atoms with Gasteiger partial charge in [0.05, 0.1) is 6.10 Å². The van der Waals surface area contributed by atoms with E-state index in [1.807, 2.05) is 32.0 Å². The predicted octanol–water partition coefficient (Wildman–Crippen LogP) is -0.112. The monoisotopic (exact) mass is 199 g/mol. The summed E-state index contributed by atoms with van der Waals surface area (Å²) in [6.07, 6.45) is 0.181. The van der Waals surface area contributed by atoms with Gasteiger partial charge in [0.25, 0.3) is 5.19 Å². The van der Waals surface area contributed by atoms with Gasteiger partial charge in [-0.3, -0.25) is 4.98 Å². The first kappa shape index (κ1) is 11.6. The van der Waals surface area contributed by atoms with Crippen LogP contribution in [0.1, 0.15) is 13.8 Å². The second kappa shape index (κ2) is 4.84. The smallest absolute Gasteiger partial charge is 0.468 e. The van der Waals surface area contributed by atoms with Crippen LogP contribution in [0.15, 0.2) is 18.2 Å². The molecule has 2 nitrogen and oxygen atoms in total. The van der Waals surface area contributed by atoms with E-state index in [-0.39, 0.29) is 25.0 Å². The standard InChI is InChI=1S/C10H10NOS.Li/c1-7(2)12-10-11-8-5-3-4-6-9(8)13-10;/h3-5,7H,1-2H3;/q-1;+1. The van der Waals surface area contributed by atoms with Crippen molar-refractivity contribution in [1.82, 2.24) is 4.98 Å². The number of benzene rings is 1. The first-order valence-corrected chi connectivity index (χ1v) is 5.01. The molecule has 0 atom stereocenters. The summed E-state index contributed by atoms with van der Waals surface area (Å²) in [4.78, 5) is 4.32. The maximum Gasteiger partial charge on any atom is 1.00 e. The van der Waals surface area contributed by atoms with E-state index in [1.54, 1.807) is 0 Å². The summed E-state index contributed by atoms with van der Waals surface area (Å²) in [5.74, 6) is 0. The SMILES string of the molecule is CC(C)Oc1nc2ccc[c-]c2s1.[Li+]. The number of nitrogens with zero attached hydrogens (tertiary/aromatic N) is 1. The van der Waals surface area contributed by atoms with E-state index in [0.29, 0.717) is 0 Å². The first-order chi connectivity index (χ1) is 6.25. The van der Waals surface area contributed by atoms with E-state index in [1.165, 1.54) is 11.3 Å². The Balaban J connectivity index is 0.000000980. The van der Waals surface area contributed by atoms with Gasteiger partial charge in [0.15, 0.2) is 0 Å². The van der Waals surface area contributed by atoms with Crippen molar-refractivity contribution in [3.05, 3.63) is 24.3 Å². The van der Waals surface area contributed by atoms with Crippen LogP contribution in [0.2, 0.25) is 0 Å². The minimum Gasteiger partial charge on any atom is -0.468 e. The molecule has 0 aliphatic rings. The molecule has 0 saturated carbocycles. The van der Waals surface area contributed by atoms with Crippen molar-refractivity contribution < 1.29 is 23.6 Å². The molecule has 1 aromatic carbocycles. The maximum atomic E-state index is 5.49. The van der Waals surface area contributed by atoms with Gasteiger partial charge in [0, 0.05) is 0 Å². The van der Waals surface area contributed by atoms with E-state index in [4.69, 9.17) is 4.74 Å². The molecule has 0 saturated heterocycles. The molecule has 0 fully saturated rings. The molecule has 0 bridgehead atoms. The van der Waals surface area contributed by atoms with Crippen LogP contribution in [0.3, 0.4) is 0 Å². The molecule has 0 unspecified atom stereocenters. The van der Waals surface area contributed by atoms with Crippen molar-refractivity contribution in [1.29, 1.82) is 0 Å². The van der Waals surface area contributed by atoms with Crippen molar-refractivity contribution in [2.75, 3.05) is 0 Å². The molecule has 0 N–H and O–H groups in total. The van der Waals surface area contributed by atoms with Crippen LogP contribution in [0.4, 0.5) is 0 Å². The Labute approximate surface area is 99.5 Å². The zero-order valence-electron chi connectivity index (χ0n) is 8.57. The quantitative estimate of drug-likeness (QED) is 0.497. The minimum absolute atomic E-state index is 0. The van der Waals surface area contributed by atoms with Crippen molar-refractivity contribution in [3.63, 3.8) is 0 Å². The zero-order chi connectivity index (χ0) is 9.26. The van der Waals surface area contributed by atoms with E-state index in [2.05, 4.69) is 11.1 Å². The van der Waals surface area contributed by atoms with Gasteiger partial charge >= 0.3 is 18.9 Å². The Morgan fingerprint density at radius 2 is 2.29 bits per heavy atom. The first-order valence-electron chi connectivity index (χ1n) is 4.19. The summed E-state index contributed by atoms with van der Waals surface area (Å²) in [5.41, 5.74) is 0.961. The molecule has 2 rings (SSSR count). The van der Waals surface area contributed by atoms with Gasteiger partial charge in [0.1, 0.15) is 0 Å². The zero-order valence-corrected chi connectivity index (χ0v) is 9.39. The molecule has 68 valence electrons. The Morgan fingerprint density at radius 3 is 2.93 bits per heavy atom. The van der Waals surface area contributed by atoms with Gasteiger partial charge in [-0.15, -0.1) is 17.4 Å². The number of aromatic nitrogens is 1. The minimum atomic E-state index is 0. The van der Waals surface area contributed by atoms with Crippen molar-refractivity contribution in [2.45, 2.75) is 20.0 Å². The molecule has 0 radical (unpaired) electrons. The fourth-order valence-electron chi connectivity index (χ4n) is 1.04. The summed E-state index contributed by atoms with van der Waals surface area (Å²) < 4.78 is 6.54. The Hall–Kier alpha value is -0.493. The summed E-state index contributed by atoms with van der Waals surface area (Å²) in [6, 6.07) is 8.91. The van der Waals surface area contributed by atoms with E-state index < -0.39 is 0 Å². The number of rotatable bonds is 2. The average molecular weight is 199 g/mol. The van der Waals surface area contributed by atoms with Gasteiger partial charge in [-0.2, -0.15) is 18.2 Å². The fraction of sp³-hybridized carbons (Fsp3) is 0.300. The molecule has 2 aromatic rings. The second-order valence-electron chi connectivity index (χ2n) is 3.03. The van der Waals surface area contributed by atoms with Crippen LogP contribution in [-0.4, -0.2) is 11.1 Å². The fourth-order valence-corrected chi connectivity index (χ4v) is 1.95. The molecule has 4 heteroatoms. The third-order valence-corrected chi connectivity index (χ3v) is 2.43. The van der Waals surface area contributed by atoms with E-state index >= 15 is 0 Å². The van der Waals surface area contributed by atoms with E-state index in [0.717, 1.165) is 15.4 Å². The molecule has 0 aliphatic carbocycles. The van der Waals surface area contributed by atoms with Crippen LogP contribution in [0.25, 0.3) is 10.2 Å². The van der Waals surface area contributed by atoms with Gasteiger partial charge in [-0.05, 0) is 19.4 Å². The molecular formula is C10H10LiNOS. The average Bonchev–Trinajstić information content (AvgIpc) is 2.44. The van der Waals surface area contributed by atoms with Gasteiger partial charge in [-0.1, -0.05) is 4.70 Å². The summed E-state index contributed by atoms with van der Waals surface area (Å²) in [5, 5.41) is 0.729. The number of thiazole rings is 1. The summed E-state index contributed by atoms with van der Waals surface area (Å²) in [7, 11) is 0. The molecule has 0 amide bonds. The predicted molar refractivity (Wildman–Crippen MR) is 54.2 cm³/mol. The van der Waals surface area contributed by atoms with Gasteiger partial charge in [0.2, 0.25) is 0 Å². The van der Waals surface area contributed by atoms with Crippen LogP contribution >= 0.6 is 11.3 Å². The second-order valence-corrected chi connectivity index (χ2v) is 3.99. The van der Waals surface area contributed by atoms with Crippen molar-refractivity contribution in [2.24, 2.45) is 0 Å². The molecular weight excluding hydrogens is 189 g/mol. The molecule has 0 spiro atoms. The largest absolute Gasteiger partial charge is 1.00 e. The normalized spacial score (nSPS) is 10.2. The van der Waals surface area contributed by atoms with Gasteiger partial charge < -0.3 is 4.74 Å². The van der Waals surface area contributed by atoms with Crippen LogP contribution in [-0.2, 0) is 0 Å². The maximum absolute atomic E-state index is 5.49. The number of ether oxygens (including phenoxy) is 1. The third-order valence-electron chi connectivity index (χ3n) is 1.54. The Kier molecular flexibility index (Phi) is 4.00. The molecule has 1 heterocycles. The van der Waals surface area contributed by atoms with Crippen LogP contribution < -0.4 is 23.6 Å². The number of hydrogen-bond donors (Lipinski definition) is 0. The topological polar surface area (TPSA) is 22.1 Å². The Morgan fingerprint density at radius 1 is 1.50 bits per heavy atom. The van der Waals surface area contributed by atoms with Crippen LogP contribution in [0, 0.1) is 6.07 Å². The summed E-state index contributed by atoms with van der Waals surface area (Å²) >= 11 is 1.54. The van der Waals surface area contributed by atoms with Gasteiger partial charge in [-0.25, -0.2) is 0 Å². The molecule has 0 aliphatic heterocycles.